The SMILES string of the molecule is CCCCCc1ccc(N2B3c4oc5cc6c(cc5c4-n4c5ccc(C(C)(C)C)cc5c5c(N(c7ccccc7)c7ccccc7)cc(c3c54)-c3ccccc32)C(C)(C)CCC6(C)C)cc1. The molecule has 66 heavy (non-hydrogen) atoms. The van der Waals surface area contributed by atoms with Gasteiger partial charge >= 0.3 is 6.85 Å². The molecule has 1 aliphatic carbocycles. The molecule has 328 valence electrons. The van der Waals surface area contributed by atoms with Gasteiger partial charge in [-0.25, -0.2) is 0 Å². The molecule has 4 heterocycles. The van der Waals surface area contributed by atoms with Crippen molar-refractivity contribution in [1.29, 1.82) is 0 Å². The highest BCUT2D eigenvalue weighted by atomic mass is 16.3. The second-order valence-electron chi connectivity index (χ2n) is 21.8. The number of nitrogens with zero attached hydrogens (tertiary/aromatic N) is 3. The van der Waals surface area contributed by atoms with Gasteiger partial charge < -0.3 is 18.7 Å². The minimum absolute atomic E-state index is 0.0341. The van der Waals surface area contributed by atoms with Crippen LogP contribution in [0.15, 0.2) is 150 Å². The van der Waals surface area contributed by atoms with Crippen LogP contribution in [0.1, 0.15) is 110 Å². The quantitative estimate of drug-likeness (QED) is 0.112. The summed E-state index contributed by atoms with van der Waals surface area (Å²) in [6.07, 6.45) is 7.08. The number of hydrogen-bond acceptors (Lipinski definition) is 3. The van der Waals surface area contributed by atoms with E-state index >= 15 is 0 Å². The Morgan fingerprint density at radius 3 is 1.98 bits per heavy atom. The molecular weight excluding hydrogens is 802 g/mol. The Morgan fingerprint density at radius 1 is 0.667 bits per heavy atom. The van der Waals surface area contributed by atoms with E-state index in [1.54, 1.807) is 0 Å². The highest BCUT2D eigenvalue weighted by Crippen LogP contribution is 2.53. The molecule has 0 N–H and O–H groups in total. The monoisotopic (exact) mass is 861 g/mol. The van der Waals surface area contributed by atoms with Crippen molar-refractivity contribution in [3.05, 3.63) is 168 Å². The van der Waals surface area contributed by atoms with Crippen molar-refractivity contribution in [3.63, 3.8) is 0 Å². The molecule has 2 aliphatic heterocycles. The van der Waals surface area contributed by atoms with Crippen LogP contribution in [-0.2, 0) is 22.7 Å². The smallest absolute Gasteiger partial charge is 0.375 e. The highest BCUT2D eigenvalue weighted by molar-refractivity contribution is 6.93. The van der Waals surface area contributed by atoms with Gasteiger partial charge in [0.05, 0.1) is 22.4 Å². The van der Waals surface area contributed by atoms with Crippen molar-refractivity contribution in [1.82, 2.24) is 4.57 Å². The van der Waals surface area contributed by atoms with E-state index in [-0.39, 0.29) is 23.1 Å². The number of rotatable bonds is 8. The summed E-state index contributed by atoms with van der Waals surface area (Å²) in [5, 5.41) is 3.71. The number of fused-ring (bicyclic) bond motifs is 11. The first kappa shape index (κ1) is 41.0. The summed E-state index contributed by atoms with van der Waals surface area (Å²) in [5.41, 5.74) is 20.8. The summed E-state index contributed by atoms with van der Waals surface area (Å²) < 4.78 is 10.2. The lowest BCUT2D eigenvalue weighted by Gasteiger charge is -2.41. The zero-order valence-corrected chi connectivity index (χ0v) is 39.9. The van der Waals surface area contributed by atoms with E-state index in [1.165, 1.54) is 108 Å². The molecule has 3 aliphatic rings. The third kappa shape index (κ3) is 6.11. The van der Waals surface area contributed by atoms with Crippen LogP contribution in [0, 0.1) is 0 Å². The minimum Gasteiger partial charge on any atom is -0.466 e. The van der Waals surface area contributed by atoms with E-state index in [4.69, 9.17) is 4.42 Å². The molecule has 0 unspecified atom stereocenters. The first-order valence-electron chi connectivity index (χ1n) is 24.5. The van der Waals surface area contributed by atoms with Gasteiger partial charge in [-0.3, -0.25) is 0 Å². The number of anilines is 5. The Kier molecular flexibility index (Phi) is 9.18. The number of aromatic nitrogens is 1. The maximum atomic E-state index is 7.59. The molecule has 0 amide bonds. The van der Waals surface area contributed by atoms with Gasteiger partial charge in [-0.2, -0.15) is 0 Å². The molecule has 0 radical (unpaired) electrons. The number of aryl methyl sites for hydroxylation is 1. The first-order chi connectivity index (χ1) is 31.8. The number of hydrogen-bond donors (Lipinski definition) is 0. The average molecular weight is 862 g/mol. The first-order valence-corrected chi connectivity index (χ1v) is 24.5. The molecule has 0 spiro atoms. The van der Waals surface area contributed by atoms with Crippen molar-refractivity contribution in [2.24, 2.45) is 0 Å². The van der Waals surface area contributed by atoms with Gasteiger partial charge in [0.1, 0.15) is 11.2 Å². The second kappa shape index (κ2) is 14.8. The Hall–Kier alpha value is -6.46. The van der Waals surface area contributed by atoms with Crippen LogP contribution < -0.4 is 20.8 Å². The number of unbranched alkanes of at least 4 members (excludes halogenated alkanes) is 2. The van der Waals surface area contributed by atoms with Crippen molar-refractivity contribution >= 4 is 79.2 Å². The van der Waals surface area contributed by atoms with Gasteiger partial charge in [0, 0.05) is 44.5 Å². The lowest BCUT2D eigenvalue weighted by molar-refractivity contribution is 0.332. The molecule has 0 saturated heterocycles. The molecule has 0 atom stereocenters. The van der Waals surface area contributed by atoms with Crippen molar-refractivity contribution < 1.29 is 4.42 Å². The van der Waals surface area contributed by atoms with Crippen LogP contribution in [0.2, 0.25) is 0 Å². The molecule has 12 rings (SSSR count). The van der Waals surface area contributed by atoms with Gasteiger partial charge in [0.2, 0.25) is 0 Å². The third-order valence-electron chi connectivity index (χ3n) is 15.6. The maximum Gasteiger partial charge on any atom is 0.375 e. The van der Waals surface area contributed by atoms with Crippen LogP contribution in [0.4, 0.5) is 28.4 Å². The van der Waals surface area contributed by atoms with Crippen molar-refractivity contribution in [3.8, 4) is 16.8 Å². The molecule has 0 bridgehead atoms. The van der Waals surface area contributed by atoms with Crippen molar-refractivity contribution in [2.45, 2.75) is 110 Å². The summed E-state index contributed by atoms with van der Waals surface area (Å²) in [7, 11) is 0. The molecule has 0 saturated carbocycles. The van der Waals surface area contributed by atoms with E-state index in [0.29, 0.717) is 0 Å². The predicted molar refractivity (Wildman–Crippen MR) is 281 cm³/mol. The second-order valence-corrected chi connectivity index (χ2v) is 21.8. The van der Waals surface area contributed by atoms with Crippen LogP contribution in [0.3, 0.4) is 0 Å². The summed E-state index contributed by atoms with van der Waals surface area (Å²) >= 11 is 0. The minimum atomic E-state index is -0.223. The van der Waals surface area contributed by atoms with Gasteiger partial charge in [-0.1, -0.05) is 141 Å². The summed E-state index contributed by atoms with van der Waals surface area (Å²) in [4.78, 5) is 5.10. The lowest BCUT2D eigenvalue weighted by atomic mass is 9.46. The zero-order chi connectivity index (χ0) is 45.3. The van der Waals surface area contributed by atoms with E-state index in [1.807, 2.05) is 0 Å². The number of benzene rings is 7. The Bertz CT molecular complexity index is 3330. The summed E-state index contributed by atoms with van der Waals surface area (Å²) in [5.74, 6) is 0. The van der Waals surface area contributed by atoms with Crippen LogP contribution in [0.5, 0.6) is 0 Å². The van der Waals surface area contributed by atoms with E-state index in [2.05, 4.69) is 215 Å². The van der Waals surface area contributed by atoms with Crippen LogP contribution in [0.25, 0.3) is 49.6 Å². The Morgan fingerprint density at radius 2 is 1.32 bits per heavy atom. The zero-order valence-electron chi connectivity index (χ0n) is 39.9. The standard InChI is InChI=1S/C61H60BN3O/c1-9-10-13-20-39-27-30-43(31-28-39)65-51-26-19-18-25-44(51)45-37-52(63(41-21-14-11-15-22-41)42-23-16-12-17-24-42)54-46-35-40(59(2,3)4)29-32-50(46)64-56-47-36-48-49(61(7,8)34-33-60(48,5)6)38-53(47)66-58(56)62(65)55(45)57(54)64/h11-12,14-19,21-32,35-38H,9-10,13,20,33-34H2,1-8H3. The third-order valence-corrected chi connectivity index (χ3v) is 15.6. The van der Waals surface area contributed by atoms with Crippen LogP contribution >= 0.6 is 0 Å². The Labute approximate surface area is 391 Å². The van der Waals surface area contributed by atoms with Crippen molar-refractivity contribution in [2.75, 3.05) is 9.71 Å². The van der Waals surface area contributed by atoms with Gasteiger partial charge in [-0.05, 0) is 148 Å². The molecule has 0 fully saturated rings. The maximum absolute atomic E-state index is 7.59. The van der Waals surface area contributed by atoms with Gasteiger partial charge in [0.25, 0.3) is 0 Å². The van der Waals surface area contributed by atoms with Gasteiger partial charge in [-0.15, -0.1) is 0 Å². The Balaban J connectivity index is 1.26. The fourth-order valence-electron chi connectivity index (χ4n) is 11.9. The fraction of sp³-hybridized carbons (Fsp3) is 0.279. The molecule has 5 heteroatoms. The predicted octanol–water partition coefficient (Wildman–Crippen LogP) is 15.6. The lowest BCUT2D eigenvalue weighted by Crippen LogP contribution is -2.60. The van der Waals surface area contributed by atoms with Crippen LogP contribution in [-0.4, -0.2) is 11.4 Å². The van der Waals surface area contributed by atoms with E-state index < -0.39 is 0 Å². The molecule has 9 aromatic rings. The topological polar surface area (TPSA) is 24.6 Å². The number of para-hydroxylation sites is 3. The molecule has 7 aromatic carbocycles. The summed E-state index contributed by atoms with van der Waals surface area (Å²) in [6.45, 7) is 18.8. The largest absolute Gasteiger partial charge is 0.466 e. The van der Waals surface area contributed by atoms with Gasteiger partial charge in [0.15, 0.2) is 0 Å². The fourth-order valence-corrected chi connectivity index (χ4v) is 11.9. The highest BCUT2D eigenvalue weighted by Gasteiger charge is 2.49. The summed E-state index contributed by atoms with van der Waals surface area (Å²) in [6, 6.07) is 55.2. The number of furan rings is 1. The van der Waals surface area contributed by atoms with E-state index in [0.717, 1.165) is 41.9 Å². The molecular formula is C61H60BN3O. The average Bonchev–Trinajstić information content (AvgIpc) is 3.86. The molecule has 2 aromatic heterocycles. The normalized spacial score (nSPS) is 15.6. The molecule has 4 nitrogen and oxygen atoms in total. The van der Waals surface area contributed by atoms with E-state index in [9.17, 15) is 0 Å².